The summed E-state index contributed by atoms with van der Waals surface area (Å²) >= 11 is 0. The lowest BCUT2D eigenvalue weighted by atomic mass is 9.98. The molecule has 14 heavy (non-hydrogen) atoms. The summed E-state index contributed by atoms with van der Waals surface area (Å²) in [6.45, 7) is 8.02. The van der Waals surface area contributed by atoms with Gasteiger partial charge in [0.25, 0.3) is 0 Å². The van der Waals surface area contributed by atoms with Crippen LogP contribution in [0.15, 0.2) is 0 Å². The second kappa shape index (κ2) is 4.28. The molecule has 1 fully saturated rings. The van der Waals surface area contributed by atoms with Crippen molar-refractivity contribution >= 4 is 5.91 Å². The van der Waals surface area contributed by atoms with Crippen LogP contribution >= 0.6 is 0 Å². The van der Waals surface area contributed by atoms with E-state index in [0.29, 0.717) is 13.2 Å². The van der Waals surface area contributed by atoms with E-state index in [0.717, 1.165) is 6.54 Å². The molecule has 0 bridgehead atoms. The van der Waals surface area contributed by atoms with E-state index in [1.807, 2.05) is 18.7 Å². The molecular formula is C10H20N2O2. The molecule has 0 aromatic rings. The highest BCUT2D eigenvalue weighted by molar-refractivity contribution is 5.86. The van der Waals surface area contributed by atoms with Crippen LogP contribution < -0.4 is 5.32 Å². The lowest BCUT2D eigenvalue weighted by molar-refractivity contribution is -0.143. The molecule has 1 saturated heterocycles. The lowest BCUT2D eigenvalue weighted by Crippen LogP contribution is -2.65. The van der Waals surface area contributed by atoms with Gasteiger partial charge in [-0.3, -0.25) is 4.79 Å². The van der Waals surface area contributed by atoms with Crippen LogP contribution in [-0.2, 0) is 9.53 Å². The maximum Gasteiger partial charge on any atom is 0.242 e. The Bertz CT molecular complexity index is 216. The zero-order valence-corrected chi connectivity index (χ0v) is 9.46. The zero-order chi connectivity index (χ0) is 10.8. The molecule has 1 unspecified atom stereocenters. The highest BCUT2D eigenvalue weighted by Crippen LogP contribution is 2.16. The molecule has 1 aliphatic heterocycles. The van der Waals surface area contributed by atoms with E-state index in [2.05, 4.69) is 12.2 Å². The molecule has 0 radical (unpaired) electrons. The van der Waals surface area contributed by atoms with Crippen molar-refractivity contribution in [3.63, 3.8) is 0 Å². The van der Waals surface area contributed by atoms with Crippen molar-refractivity contribution in [2.24, 2.45) is 0 Å². The fourth-order valence-corrected chi connectivity index (χ4v) is 1.66. The summed E-state index contributed by atoms with van der Waals surface area (Å²) < 4.78 is 5.00. The molecule has 1 heterocycles. The number of hydrogen-bond donors (Lipinski definition) is 1. The summed E-state index contributed by atoms with van der Waals surface area (Å²) in [6.07, 6.45) is 0. The predicted octanol–water partition coefficient (Wildman–Crippen LogP) is 0.232. The number of piperazine rings is 1. The summed E-state index contributed by atoms with van der Waals surface area (Å²) in [5, 5.41) is 3.23. The number of rotatable bonds is 3. The Kier molecular flexibility index (Phi) is 3.50. The first-order valence-corrected chi connectivity index (χ1v) is 5.04. The number of nitrogens with one attached hydrogen (secondary N) is 1. The van der Waals surface area contributed by atoms with Gasteiger partial charge in [0.2, 0.25) is 5.91 Å². The van der Waals surface area contributed by atoms with E-state index in [1.54, 1.807) is 7.11 Å². The molecule has 1 rings (SSSR count). The largest absolute Gasteiger partial charge is 0.383 e. The summed E-state index contributed by atoms with van der Waals surface area (Å²) in [5.74, 6) is 0.160. The van der Waals surface area contributed by atoms with Gasteiger partial charge in [-0.2, -0.15) is 0 Å². The van der Waals surface area contributed by atoms with Gasteiger partial charge in [0.1, 0.15) is 0 Å². The molecule has 4 nitrogen and oxygen atoms in total. The minimum absolute atomic E-state index is 0.160. The smallest absolute Gasteiger partial charge is 0.242 e. The first kappa shape index (κ1) is 11.5. The van der Waals surface area contributed by atoms with Crippen LogP contribution in [-0.4, -0.2) is 49.2 Å². The van der Waals surface area contributed by atoms with E-state index in [4.69, 9.17) is 4.74 Å². The van der Waals surface area contributed by atoms with Crippen LogP contribution in [0.3, 0.4) is 0 Å². The summed E-state index contributed by atoms with van der Waals surface area (Å²) in [6, 6.07) is 0.255. The molecule has 1 atom stereocenters. The Morgan fingerprint density at radius 2 is 2.29 bits per heavy atom. The van der Waals surface area contributed by atoms with E-state index in [-0.39, 0.29) is 11.9 Å². The fraction of sp³-hybridized carbons (Fsp3) is 0.900. The normalized spacial score (nSPS) is 26.7. The third-order valence-corrected chi connectivity index (χ3v) is 2.70. The monoisotopic (exact) mass is 200 g/mol. The van der Waals surface area contributed by atoms with Crippen molar-refractivity contribution in [1.82, 2.24) is 10.2 Å². The molecule has 1 amide bonds. The second-order valence-electron chi connectivity index (χ2n) is 4.35. The van der Waals surface area contributed by atoms with Crippen molar-refractivity contribution in [2.75, 3.05) is 26.8 Å². The maximum atomic E-state index is 12.0. The van der Waals surface area contributed by atoms with Gasteiger partial charge in [0.15, 0.2) is 0 Å². The number of carbonyl (C=O) groups is 1. The standard InChI is InChI=1S/C10H20N2O2/c1-8-7-11-10(2,3)9(13)12(8)5-6-14-4/h8,11H,5-7H2,1-4H3. The first-order valence-electron chi connectivity index (χ1n) is 5.04. The van der Waals surface area contributed by atoms with Crippen LogP contribution in [0.4, 0.5) is 0 Å². The average Bonchev–Trinajstić information content (AvgIpc) is 2.13. The van der Waals surface area contributed by atoms with Gasteiger partial charge in [-0.1, -0.05) is 0 Å². The molecule has 82 valence electrons. The number of ether oxygens (including phenoxy) is 1. The van der Waals surface area contributed by atoms with Crippen molar-refractivity contribution in [1.29, 1.82) is 0 Å². The Morgan fingerprint density at radius 3 is 2.86 bits per heavy atom. The SMILES string of the molecule is COCCN1C(=O)C(C)(C)NCC1C. The topological polar surface area (TPSA) is 41.6 Å². The predicted molar refractivity (Wildman–Crippen MR) is 55.1 cm³/mol. The highest BCUT2D eigenvalue weighted by Gasteiger charge is 2.38. The number of methoxy groups -OCH3 is 1. The minimum Gasteiger partial charge on any atom is -0.383 e. The molecule has 0 aliphatic carbocycles. The quantitative estimate of drug-likeness (QED) is 0.709. The lowest BCUT2D eigenvalue weighted by Gasteiger charge is -2.42. The Balaban J connectivity index is 2.64. The van der Waals surface area contributed by atoms with Gasteiger partial charge in [-0.05, 0) is 20.8 Å². The number of hydrogen-bond acceptors (Lipinski definition) is 3. The molecule has 0 aromatic heterocycles. The van der Waals surface area contributed by atoms with E-state index < -0.39 is 5.54 Å². The van der Waals surface area contributed by atoms with Crippen molar-refractivity contribution < 1.29 is 9.53 Å². The van der Waals surface area contributed by atoms with Crippen LogP contribution in [0, 0.1) is 0 Å². The third kappa shape index (κ3) is 2.25. The van der Waals surface area contributed by atoms with E-state index >= 15 is 0 Å². The molecule has 0 saturated carbocycles. The minimum atomic E-state index is -0.430. The number of carbonyl (C=O) groups excluding carboxylic acids is 1. The van der Waals surface area contributed by atoms with Gasteiger partial charge in [0.05, 0.1) is 12.1 Å². The highest BCUT2D eigenvalue weighted by atomic mass is 16.5. The number of nitrogens with zero attached hydrogens (tertiary/aromatic N) is 1. The molecular weight excluding hydrogens is 180 g/mol. The Hall–Kier alpha value is -0.610. The van der Waals surface area contributed by atoms with Gasteiger partial charge in [0, 0.05) is 26.2 Å². The van der Waals surface area contributed by atoms with Crippen LogP contribution in [0.25, 0.3) is 0 Å². The third-order valence-electron chi connectivity index (χ3n) is 2.70. The van der Waals surface area contributed by atoms with Gasteiger partial charge < -0.3 is 15.0 Å². The molecule has 0 spiro atoms. The van der Waals surface area contributed by atoms with Crippen molar-refractivity contribution in [3.8, 4) is 0 Å². The average molecular weight is 200 g/mol. The van der Waals surface area contributed by atoms with Crippen molar-refractivity contribution in [3.05, 3.63) is 0 Å². The van der Waals surface area contributed by atoms with E-state index in [1.165, 1.54) is 0 Å². The Morgan fingerprint density at radius 1 is 1.64 bits per heavy atom. The summed E-state index contributed by atoms with van der Waals surface area (Å²) in [7, 11) is 1.66. The Labute approximate surface area is 85.6 Å². The maximum absolute atomic E-state index is 12.0. The summed E-state index contributed by atoms with van der Waals surface area (Å²) in [5.41, 5.74) is -0.430. The fourth-order valence-electron chi connectivity index (χ4n) is 1.66. The van der Waals surface area contributed by atoms with Gasteiger partial charge >= 0.3 is 0 Å². The van der Waals surface area contributed by atoms with Gasteiger partial charge in [-0.25, -0.2) is 0 Å². The second-order valence-corrected chi connectivity index (χ2v) is 4.35. The van der Waals surface area contributed by atoms with E-state index in [9.17, 15) is 4.79 Å². The first-order chi connectivity index (χ1) is 6.49. The molecule has 0 aromatic carbocycles. The molecule has 4 heteroatoms. The van der Waals surface area contributed by atoms with Crippen LogP contribution in [0.2, 0.25) is 0 Å². The molecule has 1 N–H and O–H groups in total. The molecule has 1 aliphatic rings. The van der Waals surface area contributed by atoms with Crippen LogP contribution in [0.5, 0.6) is 0 Å². The zero-order valence-electron chi connectivity index (χ0n) is 9.46. The van der Waals surface area contributed by atoms with Gasteiger partial charge in [-0.15, -0.1) is 0 Å². The van der Waals surface area contributed by atoms with Crippen molar-refractivity contribution in [2.45, 2.75) is 32.4 Å². The van der Waals surface area contributed by atoms with Crippen LogP contribution in [0.1, 0.15) is 20.8 Å². The summed E-state index contributed by atoms with van der Waals surface area (Å²) in [4.78, 5) is 13.9. The number of amides is 1.